The molecule has 2 heterocycles. The van der Waals surface area contributed by atoms with Crippen molar-refractivity contribution in [3.8, 4) is 0 Å². The molecule has 7 heteroatoms. The van der Waals surface area contributed by atoms with Crippen LogP contribution in [0.3, 0.4) is 0 Å². The summed E-state index contributed by atoms with van der Waals surface area (Å²) in [7, 11) is 0. The number of carboxylic acids is 1. The fraction of sp³-hybridized carbons (Fsp3) is 0.333. The molecular formula is C12H14N4O3. The Bertz CT molecular complexity index is 620. The second-order valence-electron chi connectivity index (χ2n) is 4.55. The number of hydrogen-bond acceptors (Lipinski definition) is 4. The number of pyridine rings is 1. The molecule has 19 heavy (non-hydrogen) atoms. The molecule has 1 atom stereocenters. The predicted octanol–water partition coefficient (Wildman–Crippen LogP) is 0.568. The summed E-state index contributed by atoms with van der Waals surface area (Å²) in [6.07, 6.45) is 3.03. The minimum Gasteiger partial charge on any atom is -0.480 e. The van der Waals surface area contributed by atoms with E-state index >= 15 is 0 Å². The highest BCUT2D eigenvalue weighted by Gasteiger charge is 2.24. The van der Waals surface area contributed by atoms with Crippen LogP contribution in [0, 0.1) is 5.92 Å². The van der Waals surface area contributed by atoms with Crippen molar-refractivity contribution in [3.63, 3.8) is 0 Å². The molecule has 100 valence electrons. The van der Waals surface area contributed by atoms with Crippen LogP contribution in [0.5, 0.6) is 0 Å². The molecule has 2 N–H and O–H groups in total. The van der Waals surface area contributed by atoms with Gasteiger partial charge in [-0.1, -0.05) is 13.8 Å². The molecule has 0 saturated heterocycles. The van der Waals surface area contributed by atoms with Gasteiger partial charge in [-0.2, -0.15) is 0 Å². The van der Waals surface area contributed by atoms with Crippen LogP contribution in [0.15, 0.2) is 24.7 Å². The molecular weight excluding hydrogens is 248 g/mol. The number of hydrogen-bond donors (Lipinski definition) is 2. The Balaban J connectivity index is 2.21. The smallest absolute Gasteiger partial charge is 0.326 e. The maximum Gasteiger partial charge on any atom is 0.326 e. The number of carbonyl (C=O) groups is 2. The molecule has 0 radical (unpaired) electrons. The van der Waals surface area contributed by atoms with E-state index in [9.17, 15) is 9.59 Å². The van der Waals surface area contributed by atoms with Crippen molar-refractivity contribution < 1.29 is 14.7 Å². The number of carbonyl (C=O) groups excluding carboxylic acids is 1. The monoisotopic (exact) mass is 262 g/mol. The van der Waals surface area contributed by atoms with Gasteiger partial charge in [0.25, 0.3) is 5.91 Å². The average molecular weight is 262 g/mol. The predicted molar refractivity (Wildman–Crippen MR) is 66.7 cm³/mol. The molecule has 0 unspecified atom stereocenters. The topological polar surface area (TPSA) is 96.6 Å². The second-order valence-corrected chi connectivity index (χ2v) is 4.55. The van der Waals surface area contributed by atoms with Crippen molar-refractivity contribution in [2.45, 2.75) is 19.9 Å². The van der Waals surface area contributed by atoms with Gasteiger partial charge in [-0.05, 0) is 18.1 Å². The molecule has 0 saturated carbocycles. The summed E-state index contributed by atoms with van der Waals surface area (Å²) in [4.78, 5) is 23.0. The fourth-order valence-electron chi connectivity index (χ4n) is 1.70. The van der Waals surface area contributed by atoms with Crippen molar-refractivity contribution >= 4 is 17.5 Å². The quantitative estimate of drug-likeness (QED) is 0.839. The highest BCUT2D eigenvalue weighted by atomic mass is 16.4. The Morgan fingerprint density at radius 2 is 2.11 bits per heavy atom. The van der Waals surface area contributed by atoms with Crippen LogP contribution in [-0.4, -0.2) is 37.6 Å². The lowest BCUT2D eigenvalue weighted by Crippen LogP contribution is -2.44. The lowest BCUT2D eigenvalue weighted by molar-refractivity contribution is -0.140. The summed E-state index contributed by atoms with van der Waals surface area (Å²) < 4.78 is 1.60. The summed E-state index contributed by atoms with van der Waals surface area (Å²) in [5.74, 6) is -1.68. The second kappa shape index (κ2) is 5.05. The van der Waals surface area contributed by atoms with Gasteiger partial charge in [0.1, 0.15) is 12.4 Å². The van der Waals surface area contributed by atoms with E-state index in [0.29, 0.717) is 11.2 Å². The van der Waals surface area contributed by atoms with Crippen LogP contribution in [0.4, 0.5) is 0 Å². The molecule has 0 bridgehead atoms. The van der Waals surface area contributed by atoms with Crippen LogP contribution in [0.2, 0.25) is 0 Å². The van der Waals surface area contributed by atoms with Gasteiger partial charge < -0.3 is 10.4 Å². The van der Waals surface area contributed by atoms with E-state index in [-0.39, 0.29) is 5.92 Å². The van der Waals surface area contributed by atoms with E-state index in [1.165, 1.54) is 6.33 Å². The van der Waals surface area contributed by atoms with E-state index in [1.54, 1.807) is 36.6 Å². The number of nitrogens with one attached hydrogen (secondary N) is 1. The Morgan fingerprint density at radius 1 is 1.37 bits per heavy atom. The first kappa shape index (κ1) is 13.0. The lowest BCUT2D eigenvalue weighted by Gasteiger charge is -2.17. The number of amides is 1. The van der Waals surface area contributed by atoms with Crippen molar-refractivity contribution in [2.75, 3.05) is 0 Å². The fourth-order valence-corrected chi connectivity index (χ4v) is 1.70. The SMILES string of the molecule is CC(C)[C@@H](NC(=O)c1ccc2nncn2c1)C(=O)O. The minimum atomic E-state index is -1.05. The molecule has 2 aromatic heterocycles. The molecule has 0 fully saturated rings. The van der Waals surface area contributed by atoms with Gasteiger partial charge in [0.05, 0.1) is 5.56 Å². The highest BCUT2D eigenvalue weighted by Crippen LogP contribution is 2.07. The zero-order chi connectivity index (χ0) is 14.0. The summed E-state index contributed by atoms with van der Waals surface area (Å²) in [6, 6.07) is 2.31. The molecule has 2 rings (SSSR count). The van der Waals surface area contributed by atoms with Crippen LogP contribution in [-0.2, 0) is 4.79 Å². The molecule has 2 aromatic rings. The Kier molecular flexibility index (Phi) is 3.46. The van der Waals surface area contributed by atoms with E-state index in [0.717, 1.165) is 0 Å². The van der Waals surface area contributed by atoms with Gasteiger partial charge in [-0.15, -0.1) is 10.2 Å². The molecule has 1 amide bonds. The largest absolute Gasteiger partial charge is 0.480 e. The number of fused-ring (bicyclic) bond motifs is 1. The van der Waals surface area contributed by atoms with E-state index in [2.05, 4.69) is 15.5 Å². The summed E-state index contributed by atoms with van der Waals surface area (Å²) in [5.41, 5.74) is 0.981. The Hall–Kier alpha value is -2.44. The van der Waals surface area contributed by atoms with Crippen LogP contribution < -0.4 is 5.32 Å². The number of aromatic nitrogens is 3. The van der Waals surface area contributed by atoms with Gasteiger partial charge in [-0.25, -0.2) is 4.79 Å². The first-order valence-electron chi connectivity index (χ1n) is 5.82. The third-order valence-electron chi connectivity index (χ3n) is 2.77. The highest BCUT2D eigenvalue weighted by molar-refractivity contribution is 5.96. The first-order valence-corrected chi connectivity index (χ1v) is 5.82. The third-order valence-corrected chi connectivity index (χ3v) is 2.77. The maximum atomic E-state index is 12.0. The zero-order valence-corrected chi connectivity index (χ0v) is 10.6. The summed E-state index contributed by atoms with van der Waals surface area (Å²) in [5, 5.41) is 19.1. The van der Waals surface area contributed by atoms with E-state index < -0.39 is 17.9 Å². The Labute approximate surface area is 109 Å². The van der Waals surface area contributed by atoms with E-state index in [4.69, 9.17) is 5.11 Å². The van der Waals surface area contributed by atoms with Crippen LogP contribution in [0.1, 0.15) is 24.2 Å². The summed E-state index contributed by atoms with van der Waals surface area (Å²) >= 11 is 0. The number of aliphatic carboxylic acids is 1. The van der Waals surface area contributed by atoms with Crippen LogP contribution in [0.25, 0.3) is 5.65 Å². The molecule has 7 nitrogen and oxygen atoms in total. The lowest BCUT2D eigenvalue weighted by atomic mass is 10.0. The minimum absolute atomic E-state index is 0.194. The maximum absolute atomic E-state index is 12.0. The van der Waals surface area contributed by atoms with Crippen molar-refractivity contribution in [1.82, 2.24) is 19.9 Å². The average Bonchev–Trinajstić information content (AvgIpc) is 2.81. The van der Waals surface area contributed by atoms with Gasteiger partial charge >= 0.3 is 5.97 Å². The van der Waals surface area contributed by atoms with Crippen molar-refractivity contribution in [1.29, 1.82) is 0 Å². The summed E-state index contributed by atoms with van der Waals surface area (Å²) in [6.45, 7) is 3.48. The zero-order valence-electron chi connectivity index (χ0n) is 10.6. The standard InChI is InChI=1S/C12H14N4O3/c1-7(2)10(12(18)19)14-11(17)8-3-4-9-15-13-6-16(9)5-8/h3-7,10H,1-2H3,(H,14,17)(H,18,19)/t10-/m1/s1. The third kappa shape index (κ3) is 2.70. The van der Waals surface area contributed by atoms with E-state index in [1.807, 2.05) is 0 Å². The normalized spacial score (nSPS) is 12.6. The van der Waals surface area contributed by atoms with Gasteiger partial charge in [0.15, 0.2) is 5.65 Å². The number of rotatable bonds is 4. The molecule has 0 spiro atoms. The molecule has 0 aromatic carbocycles. The van der Waals surface area contributed by atoms with Crippen molar-refractivity contribution in [3.05, 3.63) is 30.2 Å². The van der Waals surface area contributed by atoms with Gasteiger partial charge in [0.2, 0.25) is 0 Å². The van der Waals surface area contributed by atoms with Gasteiger partial charge in [-0.3, -0.25) is 9.20 Å². The number of nitrogens with zero attached hydrogens (tertiary/aromatic N) is 3. The molecule has 0 aliphatic heterocycles. The molecule has 0 aliphatic rings. The number of carboxylic acid groups (broad SMARTS) is 1. The first-order chi connectivity index (χ1) is 8.99. The molecule has 0 aliphatic carbocycles. The van der Waals surface area contributed by atoms with Gasteiger partial charge in [0, 0.05) is 6.20 Å². The Morgan fingerprint density at radius 3 is 2.74 bits per heavy atom. The van der Waals surface area contributed by atoms with Crippen molar-refractivity contribution in [2.24, 2.45) is 5.92 Å². The van der Waals surface area contributed by atoms with Crippen LogP contribution >= 0.6 is 0 Å².